The zero-order chi connectivity index (χ0) is 15.9. The Balaban J connectivity index is 2.24. The number of hydrogen-bond acceptors (Lipinski definition) is 2. The molecule has 0 aliphatic carbocycles. The lowest BCUT2D eigenvalue weighted by Gasteiger charge is -2.02. The van der Waals surface area contributed by atoms with Crippen molar-refractivity contribution in [2.24, 2.45) is 0 Å². The number of aromatic amines is 1. The smallest absolute Gasteiger partial charge is 0.353 e. The molecule has 1 aromatic heterocycles. The second kappa shape index (κ2) is 5.59. The average Bonchev–Trinajstić information content (AvgIpc) is 2.86. The van der Waals surface area contributed by atoms with E-state index in [1.165, 1.54) is 0 Å². The number of carbonyl (C=O) groups excluding carboxylic acids is 1. The molecule has 2 N–H and O–H groups in total. The fraction of sp³-hybridized carbons (Fsp3) is 0. The van der Waals surface area contributed by atoms with Crippen molar-refractivity contribution in [3.05, 3.63) is 68.8 Å². The van der Waals surface area contributed by atoms with Gasteiger partial charge in [0, 0.05) is 26.0 Å². The number of aromatic nitrogens is 1. The molecule has 4 nitrogen and oxygen atoms in total. The summed E-state index contributed by atoms with van der Waals surface area (Å²) in [6.45, 7) is 0. The number of rotatable bonds is 3. The summed E-state index contributed by atoms with van der Waals surface area (Å²) in [7, 11) is 0. The maximum absolute atomic E-state index is 12.7. The van der Waals surface area contributed by atoms with Gasteiger partial charge in [0.25, 0.3) is 0 Å². The molecule has 0 aliphatic rings. The van der Waals surface area contributed by atoms with Crippen molar-refractivity contribution in [3.63, 3.8) is 0 Å². The van der Waals surface area contributed by atoms with Crippen LogP contribution in [0.1, 0.15) is 26.4 Å². The minimum absolute atomic E-state index is 0.118. The number of aromatic carboxylic acids is 1. The molecule has 0 saturated carbocycles. The minimum atomic E-state index is -1.18. The Kier molecular flexibility index (Phi) is 3.76. The third-order valence-electron chi connectivity index (χ3n) is 3.31. The molecule has 3 aromatic rings. The number of halogens is 2. The summed E-state index contributed by atoms with van der Waals surface area (Å²) in [4.78, 5) is 26.9. The van der Waals surface area contributed by atoms with Gasteiger partial charge in [0.05, 0.1) is 5.56 Å². The Morgan fingerprint density at radius 1 is 1.09 bits per heavy atom. The Morgan fingerprint density at radius 3 is 2.41 bits per heavy atom. The van der Waals surface area contributed by atoms with Crippen LogP contribution in [-0.2, 0) is 0 Å². The number of fused-ring (bicyclic) bond motifs is 1. The largest absolute Gasteiger partial charge is 0.477 e. The Labute approximate surface area is 138 Å². The molecule has 6 heteroatoms. The molecule has 0 atom stereocenters. The predicted octanol–water partition coefficient (Wildman–Crippen LogP) is 4.51. The second-order valence-corrected chi connectivity index (χ2v) is 6.06. The van der Waals surface area contributed by atoms with E-state index in [1.54, 1.807) is 42.5 Å². The first-order valence-corrected chi connectivity index (χ1v) is 7.49. The zero-order valence-electron chi connectivity index (χ0n) is 11.1. The van der Waals surface area contributed by atoms with Crippen LogP contribution in [0.5, 0.6) is 0 Å². The monoisotopic (exact) mass is 377 g/mol. The van der Waals surface area contributed by atoms with Crippen LogP contribution in [0.2, 0.25) is 5.02 Å². The molecule has 0 fully saturated rings. The van der Waals surface area contributed by atoms with Crippen molar-refractivity contribution < 1.29 is 14.7 Å². The van der Waals surface area contributed by atoms with E-state index in [2.05, 4.69) is 20.9 Å². The SMILES string of the molecule is O=C(O)c1[nH]c2cc(Br)ccc2c1C(=O)c1ccc(Cl)cc1. The molecule has 0 saturated heterocycles. The highest BCUT2D eigenvalue weighted by molar-refractivity contribution is 9.10. The van der Waals surface area contributed by atoms with Crippen molar-refractivity contribution in [2.75, 3.05) is 0 Å². The summed E-state index contributed by atoms with van der Waals surface area (Å²) in [6.07, 6.45) is 0. The minimum Gasteiger partial charge on any atom is -0.477 e. The number of carboxylic acid groups (broad SMARTS) is 1. The second-order valence-electron chi connectivity index (χ2n) is 4.71. The number of nitrogens with one attached hydrogen (secondary N) is 1. The summed E-state index contributed by atoms with van der Waals surface area (Å²) in [6, 6.07) is 11.6. The molecule has 0 bridgehead atoms. The summed E-state index contributed by atoms with van der Waals surface area (Å²) in [5.41, 5.74) is 1.00. The van der Waals surface area contributed by atoms with Gasteiger partial charge in [-0.15, -0.1) is 0 Å². The van der Waals surface area contributed by atoms with Crippen LogP contribution in [0.15, 0.2) is 46.9 Å². The van der Waals surface area contributed by atoms with Gasteiger partial charge < -0.3 is 10.1 Å². The third kappa shape index (κ3) is 2.53. The van der Waals surface area contributed by atoms with Gasteiger partial charge >= 0.3 is 5.97 Å². The van der Waals surface area contributed by atoms with Gasteiger partial charge in [-0.3, -0.25) is 4.79 Å². The topological polar surface area (TPSA) is 70.2 Å². The van der Waals surface area contributed by atoms with Crippen LogP contribution in [-0.4, -0.2) is 21.8 Å². The van der Waals surface area contributed by atoms with Gasteiger partial charge in [0.15, 0.2) is 5.78 Å². The van der Waals surface area contributed by atoms with Gasteiger partial charge in [-0.25, -0.2) is 4.79 Å². The fourth-order valence-electron chi connectivity index (χ4n) is 2.31. The van der Waals surface area contributed by atoms with Crippen LogP contribution in [0.4, 0.5) is 0 Å². The zero-order valence-corrected chi connectivity index (χ0v) is 13.4. The fourth-order valence-corrected chi connectivity index (χ4v) is 2.80. The summed E-state index contributed by atoms with van der Waals surface area (Å²) >= 11 is 9.14. The van der Waals surface area contributed by atoms with Crippen LogP contribution >= 0.6 is 27.5 Å². The molecule has 22 heavy (non-hydrogen) atoms. The van der Waals surface area contributed by atoms with Crippen LogP contribution < -0.4 is 0 Å². The molecule has 0 radical (unpaired) electrons. The summed E-state index contributed by atoms with van der Waals surface area (Å²) < 4.78 is 0.795. The maximum Gasteiger partial charge on any atom is 0.353 e. The van der Waals surface area contributed by atoms with Gasteiger partial charge in [0.1, 0.15) is 5.69 Å². The number of H-pyrrole nitrogens is 1. The van der Waals surface area contributed by atoms with Crippen molar-refractivity contribution in [1.82, 2.24) is 4.98 Å². The first kappa shape index (κ1) is 14.8. The van der Waals surface area contributed by atoms with E-state index in [4.69, 9.17) is 11.6 Å². The molecule has 3 rings (SSSR count). The van der Waals surface area contributed by atoms with E-state index in [1.807, 2.05) is 0 Å². The van der Waals surface area contributed by atoms with Crippen molar-refractivity contribution in [1.29, 1.82) is 0 Å². The standard InChI is InChI=1S/C16H9BrClNO3/c17-9-3-6-11-12(7-9)19-14(16(21)22)13(11)15(20)8-1-4-10(18)5-2-8/h1-7,19H,(H,21,22). The number of carbonyl (C=O) groups is 2. The normalized spacial score (nSPS) is 10.8. The summed E-state index contributed by atoms with van der Waals surface area (Å²) in [5.74, 6) is -1.53. The molecule has 0 unspecified atom stereocenters. The first-order valence-electron chi connectivity index (χ1n) is 6.32. The van der Waals surface area contributed by atoms with Crippen molar-refractivity contribution >= 4 is 50.2 Å². The highest BCUT2D eigenvalue weighted by Crippen LogP contribution is 2.28. The van der Waals surface area contributed by atoms with E-state index in [-0.39, 0.29) is 17.0 Å². The molecule has 0 aliphatic heterocycles. The molecular formula is C16H9BrClNO3. The lowest BCUT2D eigenvalue weighted by Crippen LogP contribution is -2.08. The van der Waals surface area contributed by atoms with Crippen LogP contribution in [0.3, 0.4) is 0 Å². The van der Waals surface area contributed by atoms with Gasteiger partial charge in [-0.2, -0.15) is 0 Å². The van der Waals surface area contributed by atoms with Crippen LogP contribution in [0, 0.1) is 0 Å². The molecule has 1 heterocycles. The van der Waals surface area contributed by atoms with Gasteiger partial charge in [-0.05, 0) is 36.4 Å². The maximum atomic E-state index is 12.7. The number of benzene rings is 2. The van der Waals surface area contributed by atoms with Gasteiger partial charge in [-0.1, -0.05) is 33.6 Å². The Hall–Kier alpha value is -2.11. The molecule has 0 amide bonds. The molecule has 2 aromatic carbocycles. The third-order valence-corrected chi connectivity index (χ3v) is 4.05. The highest BCUT2D eigenvalue weighted by atomic mass is 79.9. The van der Waals surface area contributed by atoms with E-state index in [0.29, 0.717) is 21.5 Å². The summed E-state index contributed by atoms with van der Waals surface area (Å²) in [5, 5.41) is 10.4. The van der Waals surface area contributed by atoms with E-state index >= 15 is 0 Å². The van der Waals surface area contributed by atoms with Crippen molar-refractivity contribution in [3.8, 4) is 0 Å². The number of ketones is 1. The Bertz CT molecular complexity index is 900. The van der Waals surface area contributed by atoms with Crippen molar-refractivity contribution in [2.45, 2.75) is 0 Å². The first-order chi connectivity index (χ1) is 10.5. The highest BCUT2D eigenvalue weighted by Gasteiger charge is 2.23. The van der Waals surface area contributed by atoms with Crippen LogP contribution in [0.25, 0.3) is 10.9 Å². The molecule has 0 spiro atoms. The van der Waals surface area contributed by atoms with E-state index in [0.717, 1.165) is 4.47 Å². The lowest BCUT2D eigenvalue weighted by molar-refractivity contribution is 0.0687. The van der Waals surface area contributed by atoms with E-state index < -0.39 is 5.97 Å². The molecule has 110 valence electrons. The Morgan fingerprint density at radius 2 is 1.77 bits per heavy atom. The number of carboxylic acids is 1. The average molecular weight is 379 g/mol. The lowest BCUT2D eigenvalue weighted by atomic mass is 10.00. The molecular weight excluding hydrogens is 370 g/mol. The number of hydrogen-bond donors (Lipinski definition) is 2. The van der Waals surface area contributed by atoms with E-state index in [9.17, 15) is 14.7 Å². The predicted molar refractivity (Wildman–Crippen MR) is 87.8 cm³/mol. The quantitative estimate of drug-likeness (QED) is 0.659. The van der Waals surface area contributed by atoms with Gasteiger partial charge in [0.2, 0.25) is 0 Å².